The molecule has 0 saturated carbocycles. The molecule has 6 heteroatoms. The van der Waals surface area contributed by atoms with Crippen LogP contribution >= 0.6 is 0 Å². The summed E-state index contributed by atoms with van der Waals surface area (Å²) in [5, 5.41) is 10.7. The Morgan fingerprint density at radius 1 is 0.862 bits per heavy atom. The topological polar surface area (TPSA) is 65.7 Å². The predicted octanol–water partition coefficient (Wildman–Crippen LogP) is 4.35. The minimum Gasteiger partial charge on any atom is -0.493 e. The maximum atomic E-state index is 9.70. The lowest BCUT2D eigenvalue weighted by atomic mass is 10.1. The van der Waals surface area contributed by atoms with E-state index in [1.807, 2.05) is 60.8 Å². The maximum Gasteiger partial charge on any atom is 0.203 e. The van der Waals surface area contributed by atoms with Crippen molar-refractivity contribution in [2.75, 3.05) is 21.3 Å². The molecule has 148 valence electrons. The van der Waals surface area contributed by atoms with Crippen molar-refractivity contribution in [3.8, 4) is 39.8 Å². The van der Waals surface area contributed by atoms with Crippen LogP contribution in [-0.2, 0) is 6.73 Å². The average molecular weight is 390 g/mol. The molecule has 0 spiro atoms. The Morgan fingerprint density at radius 3 is 2.21 bits per heavy atom. The molecule has 0 aliphatic rings. The second kappa shape index (κ2) is 7.85. The van der Waals surface area contributed by atoms with Crippen molar-refractivity contribution in [1.29, 1.82) is 0 Å². The third kappa shape index (κ3) is 3.28. The zero-order valence-corrected chi connectivity index (χ0v) is 16.5. The molecule has 0 atom stereocenters. The highest BCUT2D eigenvalue weighted by molar-refractivity contribution is 5.95. The number of pyridine rings is 1. The number of hydrogen-bond acceptors (Lipinski definition) is 5. The normalized spacial score (nSPS) is 10.9. The van der Waals surface area contributed by atoms with E-state index in [9.17, 15) is 5.11 Å². The first-order valence-corrected chi connectivity index (χ1v) is 9.16. The Morgan fingerprint density at radius 2 is 1.55 bits per heavy atom. The number of ether oxygens (including phenoxy) is 3. The molecule has 2 aromatic carbocycles. The van der Waals surface area contributed by atoms with Crippen molar-refractivity contribution < 1.29 is 19.3 Å². The van der Waals surface area contributed by atoms with Gasteiger partial charge in [-0.1, -0.05) is 24.3 Å². The van der Waals surface area contributed by atoms with E-state index in [0.29, 0.717) is 17.2 Å². The highest BCUT2D eigenvalue weighted by Gasteiger charge is 2.16. The van der Waals surface area contributed by atoms with Crippen LogP contribution in [0.15, 0.2) is 60.8 Å². The van der Waals surface area contributed by atoms with Crippen LogP contribution in [0.25, 0.3) is 33.4 Å². The van der Waals surface area contributed by atoms with E-state index >= 15 is 0 Å². The Kier molecular flexibility index (Phi) is 5.10. The number of aliphatic hydroxyl groups is 1. The van der Waals surface area contributed by atoms with Crippen LogP contribution < -0.4 is 14.2 Å². The van der Waals surface area contributed by atoms with Crippen molar-refractivity contribution in [2.24, 2.45) is 0 Å². The smallest absolute Gasteiger partial charge is 0.203 e. The van der Waals surface area contributed by atoms with Crippen molar-refractivity contribution in [2.45, 2.75) is 6.73 Å². The van der Waals surface area contributed by atoms with Crippen LogP contribution in [-0.4, -0.2) is 36.0 Å². The summed E-state index contributed by atoms with van der Waals surface area (Å²) >= 11 is 0. The van der Waals surface area contributed by atoms with Gasteiger partial charge >= 0.3 is 0 Å². The largest absolute Gasteiger partial charge is 0.493 e. The standard InChI is InChI=1S/C23H22N2O4/c1-27-21-11-15(12-22(28-2)23(21)29-3)18-8-6-9-19(24-18)17-13-25(14-26)20-10-5-4-7-16(17)20/h4-13,26H,14H2,1-3H3. The second-order valence-corrected chi connectivity index (χ2v) is 6.49. The van der Waals surface area contributed by atoms with Gasteiger partial charge in [0, 0.05) is 22.7 Å². The predicted molar refractivity (Wildman–Crippen MR) is 112 cm³/mol. The quantitative estimate of drug-likeness (QED) is 0.530. The monoisotopic (exact) mass is 390 g/mol. The van der Waals surface area contributed by atoms with Crippen LogP contribution in [0.3, 0.4) is 0 Å². The molecule has 1 N–H and O–H groups in total. The number of rotatable bonds is 6. The van der Waals surface area contributed by atoms with E-state index in [2.05, 4.69) is 0 Å². The van der Waals surface area contributed by atoms with Gasteiger partial charge in [0.15, 0.2) is 11.5 Å². The molecule has 0 aliphatic heterocycles. The molecule has 4 aromatic rings. The number of para-hydroxylation sites is 1. The fourth-order valence-electron chi connectivity index (χ4n) is 3.54. The molecule has 2 aromatic heterocycles. The van der Waals surface area contributed by atoms with Gasteiger partial charge in [-0.25, -0.2) is 4.98 Å². The summed E-state index contributed by atoms with van der Waals surface area (Å²) in [7, 11) is 4.76. The van der Waals surface area contributed by atoms with Crippen molar-refractivity contribution in [3.63, 3.8) is 0 Å². The molecule has 0 aliphatic carbocycles. The number of hydrogen-bond donors (Lipinski definition) is 1. The van der Waals surface area contributed by atoms with Gasteiger partial charge in [-0.2, -0.15) is 0 Å². The van der Waals surface area contributed by atoms with Gasteiger partial charge in [0.2, 0.25) is 5.75 Å². The molecule has 29 heavy (non-hydrogen) atoms. The molecule has 6 nitrogen and oxygen atoms in total. The molecule has 0 radical (unpaired) electrons. The highest BCUT2D eigenvalue weighted by Crippen LogP contribution is 2.41. The lowest BCUT2D eigenvalue weighted by Crippen LogP contribution is -1.96. The number of methoxy groups -OCH3 is 3. The highest BCUT2D eigenvalue weighted by atomic mass is 16.5. The lowest BCUT2D eigenvalue weighted by molar-refractivity contribution is 0.215. The van der Waals surface area contributed by atoms with Crippen molar-refractivity contribution in [1.82, 2.24) is 9.55 Å². The lowest BCUT2D eigenvalue weighted by Gasteiger charge is -2.14. The minimum atomic E-state index is -0.0902. The summed E-state index contributed by atoms with van der Waals surface area (Å²) in [5.41, 5.74) is 4.38. The fraction of sp³-hybridized carbons (Fsp3) is 0.174. The fourth-order valence-corrected chi connectivity index (χ4v) is 3.54. The minimum absolute atomic E-state index is 0.0902. The summed E-state index contributed by atoms with van der Waals surface area (Å²) in [6, 6.07) is 17.6. The summed E-state index contributed by atoms with van der Waals surface area (Å²) in [6.45, 7) is -0.0902. The Balaban J connectivity index is 1.86. The summed E-state index contributed by atoms with van der Waals surface area (Å²) in [5.74, 6) is 1.69. The van der Waals surface area contributed by atoms with Gasteiger partial charge in [-0.3, -0.25) is 0 Å². The Bertz CT molecular complexity index is 1140. The van der Waals surface area contributed by atoms with Gasteiger partial charge in [-0.15, -0.1) is 0 Å². The molecule has 2 heterocycles. The molecule has 0 saturated heterocycles. The van der Waals surface area contributed by atoms with Gasteiger partial charge in [0.25, 0.3) is 0 Å². The molecule has 4 rings (SSSR count). The zero-order valence-electron chi connectivity index (χ0n) is 16.5. The summed E-state index contributed by atoms with van der Waals surface area (Å²) in [4.78, 5) is 4.87. The molecule has 0 unspecified atom stereocenters. The molecular weight excluding hydrogens is 368 g/mol. The third-order valence-electron chi connectivity index (χ3n) is 4.93. The number of fused-ring (bicyclic) bond motifs is 1. The van der Waals surface area contributed by atoms with Crippen molar-refractivity contribution in [3.05, 3.63) is 60.8 Å². The van der Waals surface area contributed by atoms with Crippen LogP contribution in [0, 0.1) is 0 Å². The molecular formula is C23H22N2O4. The van der Waals surface area contributed by atoms with Gasteiger partial charge in [-0.05, 0) is 30.3 Å². The number of nitrogens with zero attached hydrogens (tertiary/aromatic N) is 2. The van der Waals surface area contributed by atoms with Crippen LogP contribution in [0.1, 0.15) is 0 Å². The molecule has 0 fully saturated rings. The first-order chi connectivity index (χ1) is 14.2. The zero-order chi connectivity index (χ0) is 20.4. The van der Waals surface area contributed by atoms with E-state index in [1.165, 1.54) is 0 Å². The van der Waals surface area contributed by atoms with E-state index < -0.39 is 0 Å². The average Bonchev–Trinajstić information content (AvgIpc) is 3.17. The Hall–Kier alpha value is -3.51. The number of benzene rings is 2. The van der Waals surface area contributed by atoms with Gasteiger partial charge in [0.1, 0.15) is 6.73 Å². The maximum absolute atomic E-state index is 9.70. The third-order valence-corrected chi connectivity index (χ3v) is 4.93. The van der Waals surface area contributed by atoms with E-state index in [4.69, 9.17) is 19.2 Å². The van der Waals surface area contributed by atoms with Crippen LogP contribution in [0.2, 0.25) is 0 Å². The van der Waals surface area contributed by atoms with E-state index in [1.54, 1.807) is 25.9 Å². The molecule has 0 amide bonds. The number of aromatic nitrogens is 2. The van der Waals surface area contributed by atoms with Crippen LogP contribution in [0.5, 0.6) is 17.2 Å². The number of aliphatic hydroxyl groups excluding tert-OH is 1. The van der Waals surface area contributed by atoms with Crippen molar-refractivity contribution >= 4 is 10.9 Å². The van der Waals surface area contributed by atoms with Gasteiger partial charge in [0.05, 0.1) is 38.2 Å². The van der Waals surface area contributed by atoms with E-state index in [0.717, 1.165) is 33.4 Å². The first kappa shape index (κ1) is 18.8. The second-order valence-electron chi connectivity index (χ2n) is 6.49. The van der Waals surface area contributed by atoms with Gasteiger partial charge < -0.3 is 23.9 Å². The Labute approximate surface area is 168 Å². The SMILES string of the molecule is COc1cc(-c2cccc(-c3cn(CO)c4ccccc34)n2)cc(OC)c1OC. The van der Waals surface area contributed by atoms with E-state index in [-0.39, 0.29) is 6.73 Å². The first-order valence-electron chi connectivity index (χ1n) is 9.16. The van der Waals surface area contributed by atoms with Crippen LogP contribution in [0.4, 0.5) is 0 Å². The summed E-state index contributed by atoms with van der Waals surface area (Å²) in [6.07, 6.45) is 1.92. The summed E-state index contributed by atoms with van der Waals surface area (Å²) < 4.78 is 18.1. The molecule has 0 bridgehead atoms.